The van der Waals surface area contributed by atoms with Crippen molar-refractivity contribution in [2.75, 3.05) is 6.54 Å². The number of rotatable bonds is 7. The molecule has 1 aromatic carbocycles. The maximum Gasteiger partial charge on any atom is 0.243 e. The quantitative estimate of drug-likeness (QED) is 0.604. The standard InChI is InChI=1S/C18H17ClN2O2S2/c19-16-5-1-7-18(12-16)25(22,23)21(10-8-17-6-3-11-24-17)14-15-4-2-9-20-13-15/h1-7,9,11-13H,8,10,14H2. The molecule has 0 N–H and O–H groups in total. The van der Waals surface area contributed by atoms with Gasteiger partial charge in [0.15, 0.2) is 0 Å². The second-order valence-electron chi connectivity index (χ2n) is 5.49. The van der Waals surface area contributed by atoms with Crippen LogP contribution in [0.5, 0.6) is 0 Å². The third kappa shape index (κ3) is 4.67. The Hall–Kier alpha value is -1.73. The SMILES string of the molecule is O=S(=O)(c1cccc(Cl)c1)N(CCc1cccs1)Cc1cccnc1. The lowest BCUT2D eigenvalue weighted by atomic mass is 10.3. The fraction of sp³-hybridized carbons (Fsp3) is 0.167. The minimum absolute atomic E-state index is 0.204. The van der Waals surface area contributed by atoms with Crippen LogP contribution in [0, 0.1) is 0 Å². The number of aromatic nitrogens is 1. The van der Waals surface area contributed by atoms with Crippen LogP contribution in [0.2, 0.25) is 5.02 Å². The number of thiophene rings is 1. The highest BCUT2D eigenvalue weighted by Gasteiger charge is 2.25. The van der Waals surface area contributed by atoms with E-state index in [2.05, 4.69) is 4.98 Å². The summed E-state index contributed by atoms with van der Waals surface area (Å²) in [4.78, 5) is 5.43. The van der Waals surface area contributed by atoms with Crippen molar-refractivity contribution in [2.45, 2.75) is 17.9 Å². The van der Waals surface area contributed by atoms with Crippen molar-refractivity contribution < 1.29 is 8.42 Å². The molecule has 0 amide bonds. The van der Waals surface area contributed by atoms with Crippen LogP contribution in [0.4, 0.5) is 0 Å². The van der Waals surface area contributed by atoms with Gasteiger partial charge >= 0.3 is 0 Å². The Morgan fingerprint density at radius 2 is 2.00 bits per heavy atom. The number of nitrogens with zero attached hydrogens (tertiary/aromatic N) is 2. The summed E-state index contributed by atoms with van der Waals surface area (Å²) in [6.45, 7) is 0.665. The number of benzene rings is 1. The van der Waals surface area contributed by atoms with E-state index in [-0.39, 0.29) is 11.4 Å². The van der Waals surface area contributed by atoms with E-state index >= 15 is 0 Å². The van der Waals surface area contributed by atoms with Gasteiger partial charge in [0, 0.05) is 35.4 Å². The summed E-state index contributed by atoms with van der Waals surface area (Å²) in [6.07, 6.45) is 4.02. The first-order valence-corrected chi connectivity index (χ1v) is 10.4. The maximum absolute atomic E-state index is 13.1. The lowest BCUT2D eigenvalue weighted by Crippen LogP contribution is -2.32. The molecule has 0 fully saturated rings. The number of hydrogen-bond donors (Lipinski definition) is 0. The second kappa shape index (κ2) is 8.10. The molecule has 3 aromatic rings. The highest BCUT2D eigenvalue weighted by atomic mass is 35.5. The summed E-state index contributed by atoms with van der Waals surface area (Å²) in [5.74, 6) is 0. The number of pyridine rings is 1. The molecule has 0 aliphatic rings. The van der Waals surface area contributed by atoms with Crippen molar-refractivity contribution >= 4 is 33.0 Å². The molecule has 0 bridgehead atoms. The van der Waals surface area contributed by atoms with Crippen LogP contribution >= 0.6 is 22.9 Å². The Bertz CT molecular complexity index is 913. The molecule has 25 heavy (non-hydrogen) atoms. The molecule has 7 heteroatoms. The van der Waals surface area contributed by atoms with Gasteiger partial charge in [-0.1, -0.05) is 29.8 Å². The Morgan fingerprint density at radius 3 is 2.68 bits per heavy atom. The zero-order chi connectivity index (χ0) is 17.7. The van der Waals surface area contributed by atoms with Crippen molar-refractivity contribution in [3.63, 3.8) is 0 Å². The molecular weight excluding hydrogens is 376 g/mol. The molecule has 0 radical (unpaired) electrons. The maximum atomic E-state index is 13.1. The van der Waals surface area contributed by atoms with E-state index in [1.54, 1.807) is 48.0 Å². The molecule has 0 saturated carbocycles. The molecule has 130 valence electrons. The Labute approximate surface area is 156 Å². The van der Waals surface area contributed by atoms with E-state index in [9.17, 15) is 8.42 Å². The van der Waals surface area contributed by atoms with Gasteiger partial charge in [0.2, 0.25) is 10.0 Å². The third-order valence-corrected chi connectivity index (χ3v) is 6.72. The first-order valence-electron chi connectivity index (χ1n) is 7.73. The van der Waals surface area contributed by atoms with Crippen molar-refractivity contribution in [3.05, 3.63) is 81.8 Å². The minimum atomic E-state index is -3.65. The summed E-state index contributed by atoms with van der Waals surface area (Å²) in [7, 11) is -3.65. The predicted molar refractivity (Wildman–Crippen MR) is 101 cm³/mol. The number of halogens is 1. The van der Waals surface area contributed by atoms with Crippen molar-refractivity contribution in [2.24, 2.45) is 0 Å². The van der Waals surface area contributed by atoms with E-state index in [1.165, 1.54) is 10.4 Å². The molecule has 2 heterocycles. The Kier molecular flexibility index (Phi) is 5.86. The van der Waals surface area contributed by atoms with Gasteiger partial charge in [-0.2, -0.15) is 4.31 Å². The van der Waals surface area contributed by atoms with E-state index in [0.29, 0.717) is 18.0 Å². The summed E-state index contributed by atoms with van der Waals surface area (Å²) in [5, 5.41) is 2.40. The largest absolute Gasteiger partial charge is 0.264 e. The fourth-order valence-electron chi connectivity index (χ4n) is 2.45. The molecule has 3 rings (SSSR count). The topological polar surface area (TPSA) is 50.3 Å². The first-order chi connectivity index (χ1) is 12.1. The summed E-state index contributed by atoms with van der Waals surface area (Å²) in [6, 6.07) is 14.0. The number of sulfonamides is 1. The fourth-order valence-corrected chi connectivity index (χ4v) is 4.87. The van der Waals surface area contributed by atoms with Gasteiger partial charge < -0.3 is 0 Å². The van der Waals surface area contributed by atoms with Gasteiger partial charge in [-0.3, -0.25) is 4.98 Å². The first kappa shape index (κ1) is 18.1. The lowest BCUT2D eigenvalue weighted by molar-refractivity contribution is 0.410. The van der Waals surface area contributed by atoms with Crippen LogP contribution < -0.4 is 0 Å². The molecular formula is C18H17ClN2O2S2. The van der Waals surface area contributed by atoms with Gasteiger partial charge in [0.25, 0.3) is 0 Å². The Balaban J connectivity index is 1.88. The smallest absolute Gasteiger partial charge is 0.243 e. The molecule has 0 aliphatic heterocycles. The highest BCUT2D eigenvalue weighted by molar-refractivity contribution is 7.89. The summed E-state index contributed by atoms with van der Waals surface area (Å²) >= 11 is 7.61. The number of hydrogen-bond acceptors (Lipinski definition) is 4. The molecule has 0 unspecified atom stereocenters. The van der Waals surface area contributed by atoms with Gasteiger partial charge in [-0.05, 0) is 47.7 Å². The van der Waals surface area contributed by atoms with Gasteiger partial charge in [-0.25, -0.2) is 8.42 Å². The lowest BCUT2D eigenvalue weighted by Gasteiger charge is -2.22. The molecule has 0 spiro atoms. The van der Waals surface area contributed by atoms with Crippen LogP contribution in [-0.2, 0) is 23.0 Å². The van der Waals surface area contributed by atoms with E-state index in [4.69, 9.17) is 11.6 Å². The minimum Gasteiger partial charge on any atom is -0.264 e. The third-order valence-electron chi connectivity index (χ3n) is 3.70. The van der Waals surface area contributed by atoms with Crippen molar-refractivity contribution in [1.82, 2.24) is 9.29 Å². The van der Waals surface area contributed by atoms with E-state index < -0.39 is 10.0 Å². The molecule has 0 saturated heterocycles. The van der Waals surface area contributed by atoms with Gasteiger partial charge in [-0.15, -0.1) is 11.3 Å². The van der Waals surface area contributed by atoms with Crippen molar-refractivity contribution in [1.29, 1.82) is 0 Å². The van der Waals surface area contributed by atoms with Crippen LogP contribution in [0.1, 0.15) is 10.4 Å². The molecule has 0 aliphatic carbocycles. The van der Waals surface area contributed by atoms with Crippen molar-refractivity contribution in [3.8, 4) is 0 Å². The zero-order valence-corrected chi connectivity index (χ0v) is 15.8. The zero-order valence-electron chi connectivity index (χ0n) is 13.4. The predicted octanol–water partition coefficient (Wildman–Crippen LogP) is 4.23. The monoisotopic (exact) mass is 392 g/mol. The highest BCUT2D eigenvalue weighted by Crippen LogP contribution is 2.22. The average Bonchev–Trinajstić information content (AvgIpc) is 3.13. The Morgan fingerprint density at radius 1 is 1.12 bits per heavy atom. The summed E-state index contributed by atoms with van der Waals surface area (Å²) < 4.78 is 27.7. The van der Waals surface area contributed by atoms with Crippen LogP contribution in [0.25, 0.3) is 0 Å². The second-order valence-corrected chi connectivity index (χ2v) is 8.89. The normalized spacial score (nSPS) is 11.8. The van der Waals surface area contributed by atoms with Crippen LogP contribution in [0.15, 0.2) is 71.2 Å². The summed E-state index contributed by atoms with van der Waals surface area (Å²) in [5.41, 5.74) is 0.847. The van der Waals surface area contributed by atoms with Crippen LogP contribution in [-0.4, -0.2) is 24.3 Å². The van der Waals surface area contributed by atoms with Gasteiger partial charge in [0.05, 0.1) is 4.90 Å². The van der Waals surface area contributed by atoms with E-state index in [0.717, 1.165) is 10.4 Å². The molecule has 4 nitrogen and oxygen atoms in total. The molecule has 0 atom stereocenters. The van der Waals surface area contributed by atoms with Crippen LogP contribution in [0.3, 0.4) is 0 Å². The average molecular weight is 393 g/mol. The van der Waals surface area contributed by atoms with E-state index in [1.807, 2.05) is 23.6 Å². The molecule has 2 aromatic heterocycles. The van der Waals surface area contributed by atoms with Gasteiger partial charge in [0.1, 0.15) is 0 Å².